The SMILES string of the molecule is CCOC(=O)CCc1ccc(N(Cc2ccc3cccnc3c2)C(=O)OC(C)(C)C)cc1F. The zero-order chi connectivity index (χ0) is 24.0. The van der Waals surface area contributed by atoms with Gasteiger partial charge in [-0.15, -0.1) is 0 Å². The van der Waals surface area contributed by atoms with Crippen molar-refractivity contribution in [2.24, 2.45) is 0 Å². The minimum absolute atomic E-state index is 0.0873. The van der Waals surface area contributed by atoms with Crippen molar-refractivity contribution in [2.45, 2.75) is 52.7 Å². The molecule has 1 heterocycles. The van der Waals surface area contributed by atoms with E-state index in [0.29, 0.717) is 11.3 Å². The summed E-state index contributed by atoms with van der Waals surface area (Å²) < 4.78 is 25.3. The summed E-state index contributed by atoms with van der Waals surface area (Å²) in [6, 6.07) is 14.1. The van der Waals surface area contributed by atoms with Crippen molar-refractivity contribution in [1.82, 2.24) is 4.98 Å². The minimum atomic E-state index is -0.710. The Bertz CT molecular complexity index is 1140. The van der Waals surface area contributed by atoms with Gasteiger partial charge in [0.05, 0.1) is 24.4 Å². The monoisotopic (exact) mass is 452 g/mol. The highest BCUT2D eigenvalue weighted by molar-refractivity contribution is 5.88. The zero-order valence-corrected chi connectivity index (χ0v) is 19.4. The molecule has 6 nitrogen and oxygen atoms in total. The van der Waals surface area contributed by atoms with Gasteiger partial charge in [0.25, 0.3) is 0 Å². The summed E-state index contributed by atoms with van der Waals surface area (Å²) >= 11 is 0. The molecule has 0 fully saturated rings. The lowest BCUT2D eigenvalue weighted by atomic mass is 10.1. The van der Waals surface area contributed by atoms with Crippen molar-refractivity contribution >= 4 is 28.7 Å². The maximum atomic E-state index is 14.9. The number of amides is 1. The molecule has 0 aliphatic rings. The summed E-state index contributed by atoms with van der Waals surface area (Å²) in [5.74, 6) is -0.869. The van der Waals surface area contributed by atoms with Crippen LogP contribution >= 0.6 is 0 Å². The highest BCUT2D eigenvalue weighted by Crippen LogP contribution is 2.25. The number of benzene rings is 2. The quantitative estimate of drug-likeness (QED) is 0.423. The van der Waals surface area contributed by atoms with Gasteiger partial charge in [0.15, 0.2) is 0 Å². The van der Waals surface area contributed by atoms with Crippen molar-refractivity contribution in [3.8, 4) is 0 Å². The Labute approximate surface area is 193 Å². The fourth-order valence-electron chi connectivity index (χ4n) is 3.35. The van der Waals surface area contributed by atoms with E-state index in [1.807, 2.05) is 30.3 Å². The molecular formula is C26H29FN2O4. The third-order valence-electron chi connectivity index (χ3n) is 4.88. The molecule has 0 saturated heterocycles. The molecule has 174 valence electrons. The Hall–Kier alpha value is -3.48. The number of carbonyl (C=O) groups excluding carboxylic acids is 2. The number of fused-ring (bicyclic) bond motifs is 1. The summed E-state index contributed by atoms with van der Waals surface area (Å²) in [5.41, 5.74) is 1.67. The van der Waals surface area contributed by atoms with Gasteiger partial charge in [-0.3, -0.25) is 14.7 Å². The van der Waals surface area contributed by atoms with Gasteiger partial charge in [0, 0.05) is 18.0 Å². The van der Waals surface area contributed by atoms with Gasteiger partial charge in [-0.05, 0) is 69.5 Å². The first-order chi connectivity index (χ1) is 15.7. The molecule has 0 aliphatic heterocycles. The van der Waals surface area contributed by atoms with Gasteiger partial charge in [-0.2, -0.15) is 0 Å². The second kappa shape index (κ2) is 10.4. The maximum Gasteiger partial charge on any atom is 0.415 e. The second-order valence-electron chi connectivity index (χ2n) is 8.68. The summed E-state index contributed by atoms with van der Waals surface area (Å²) in [6.07, 6.45) is 1.43. The van der Waals surface area contributed by atoms with Crippen LogP contribution in [-0.2, 0) is 27.2 Å². The summed E-state index contributed by atoms with van der Waals surface area (Å²) in [4.78, 5) is 30.4. The standard InChI is InChI=1S/C26H29FN2O4/c1-5-32-24(30)13-11-19-10-12-21(16-22(19)27)29(25(31)33-26(2,3)4)17-18-8-9-20-7-6-14-28-23(20)15-18/h6-10,12,14-16H,5,11,13,17H2,1-4H3. The lowest BCUT2D eigenvalue weighted by Crippen LogP contribution is -2.36. The van der Waals surface area contributed by atoms with Crippen molar-refractivity contribution < 1.29 is 23.5 Å². The summed E-state index contributed by atoms with van der Waals surface area (Å²) in [5, 5.41) is 0.988. The molecule has 33 heavy (non-hydrogen) atoms. The smallest absolute Gasteiger partial charge is 0.415 e. The number of hydrogen-bond acceptors (Lipinski definition) is 5. The average molecular weight is 453 g/mol. The van der Waals surface area contributed by atoms with E-state index < -0.39 is 17.5 Å². The van der Waals surface area contributed by atoms with Gasteiger partial charge in [0.1, 0.15) is 11.4 Å². The number of hydrogen-bond donors (Lipinski definition) is 0. The van der Waals surface area contributed by atoms with Crippen molar-refractivity contribution in [1.29, 1.82) is 0 Å². The van der Waals surface area contributed by atoms with Crippen molar-refractivity contribution in [2.75, 3.05) is 11.5 Å². The maximum absolute atomic E-state index is 14.9. The molecule has 3 rings (SSSR count). The molecule has 7 heteroatoms. The van der Waals surface area contributed by atoms with Crippen molar-refractivity contribution in [3.63, 3.8) is 0 Å². The van der Waals surface area contributed by atoms with Crippen LogP contribution < -0.4 is 4.90 Å². The molecule has 0 N–H and O–H groups in total. The third kappa shape index (κ3) is 6.75. The van der Waals surface area contributed by atoms with Gasteiger partial charge in [-0.1, -0.05) is 24.3 Å². The first-order valence-corrected chi connectivity index (χ1v) is 10.9. The molecule has 0 aliphatic carbocycles. The van der Waals surface area contributed by atoms with E-state index in [4.69, 9.17) is 9.47 Å². The van der Waals surface area contributed by atoms with Crippen LogP contribution in [-0.4, -0.2) is 29.3 Å². The molecule has 0 saturated carbocycles. The van der Waals surface area contributed by atoms with E-state index in [0.717, 1.165) is 16.5 Å². The number of pyridine rings is 1. The van der Waals surface area contributed by atoms with Crippen LogP contribution in [0.1, 0.15) is 45.2 Å². The molecule has 0 bridgehead atoms. The molecule has 0 atom stereocenters. The van der Waals surface area contributed by atoms with E-state index >= 15 is 0 Å². The van der Waals surface area contributed by atoms with Crippen molar-refractivity contribution in [3.05, 3.63) is 71.7 Å². The van der Waals surface area contributed by atoms with E-state index in [2.05, 4.69) is 4.98 Å². The first kappa shape index (κ1) is 24.2. The number of anilines is 1. The van der Waals surface area contributed by atoms with Gasteiger partial charge in [-0.25, -0.2) is 9.18 Å². The predicted octanol–water partition coefficient (Wildman–Crippen LogP) is 5.81. The van der Waals surface area contributed by atoms with Crippen LogP contribution in [0, 0.1) is 5.82 Å². The Kier molecular flexibility index (Phi) is 7.63. The molecule has 1 aromatic heterocycles. The molecule has 0 spiro atoms. The van der Waals surface area contributed by atoms with E-state index in [1.165, 1.54) is 11.0 Å². The topological polar surface area (TPSA) is 68.7 Å². The molecule has 0 unspecified atom stereocenters. The van der Waals surface area contributed by atoms with E-state index in [1.54, 1.807) is 46.0 Å². The molecule has 0 radical (unpaired) electrons. The Morgan fingerprint density at radius 1 is 1.09 bits per heavy atom. The first-order valence-electron chi connectivity index (χ1n) is 10.9. The lowest BCUT2D eigenvalue weighted by molar-refractivity contribution is -0.143. The normalized spacial score (nSPS) is 11.3. The number of ether oxygens (including phenoxy) is 2. The fourth-order valence-corrected chi connectivity index (χ4v) is 3.35. The minimum Gasteiger partial charge on any atom is -0.466 e. The zero-order valence-electron chi connectivity index (χ0n) is 19.4. The van der Waals surface area contributed by atoms with Gasteiger partial charge in [0.2, 0.25) is 0 Å². The summed E-state index contributed by atoms with van der Waals surface area (Å²) in [6.45, 7) is 7.54. The molecular weight excluding hydrogens is 423 g/mol. The Morgan fingerprint density at radius 3 is 2.58 bits per heavy atom. The van der Waals surface area contributed by atoms with Crippen LogP contribution in [0.2, 0.25) is 0 Å². The van der Waals surface area contributed by atoms with Crippen LogP contribution in [0.25, 0.3) is 10.9 Å². The average Bonchev–Trinajstić information content (AvgIpc) is 2.75. The van der Waals surface area contributed by atoms with Crippen LogP contribution in [0.3, 0.4) is 0 Å². The number of carbonyl (C=O) groups is 2. The highest BCUT2D eigenvalue weighted by atomic mass is 19.1. The predicted molar refractivity (Wildman–Crippen MR) is 126 cm³/mol. The summed E-state index contributed by atoms with van der Waals surface area (Å²) in [7, 11) is 0. The number of aromatic nitrogens is 1. The Morgan fingerprint density at radius 2 is 1.88 bits per heavy atom. The van der Waals surface area contributed by atoms with Gasteiger partial charge < -0.3 is 9.47 Å². The molecule has 2 aromatic carbocycles. The lowest BCUT2D eigenvalue weighted by Gasteiger charge is -2.28. The highest BCUT2D eigenvalue weighted by Gasteiger charge is 2.24. The number of halogens is 1. The third-order valence-corrected chi connectivity index (χ3v) is 4.88. The molecule has 3 aromatic rings. The van der Waals surface area contributed by atoms with Crippen LogP contribution in [0.5, 0.6) is 0 Å². The Balaban J connectivity index is 1.87. The van der Waals surface area contributed by atoms with Crippen LogP contribution in [0.15, 0.2) is 54.7 Å². The fraction of sp³-hybridized carbons (Fsp3) is 0.346. The number of aryl methyl sites for hydroxylation is 1. The van der Waals surface area contributed by atoms with Crippen LogP contribution in [0.4, 0.5) is 14.9 Å². The number of rotatable bonds is 7. The largest absolute Gasteiger partial charge is 0.466 e. The van der Waals surface area contributed by atoms with E-state index in [-0.39, 0.29) is 32.0 Å². The van der Waals surface area contributed by atoms with Gasteiger partial charge >= 0.3 is 12.1 Å². The second-order valence-corrected chi connectivity index (χ2v) is 8.68. The van der Waals surface area contributed by atoms with E-state index in [9.17, 15) is 14.0 Å². The number of esters is 1. The molecule has 1 amide bonds. The number of nitrogens with zero attached hydrogens (tertiary/aromatic N) is 2.